The molecule has 0 aliphatic rings. The molecule has 0 atom stereocenters. The zero-order chi connectivity index (χ0) is 10.4. The lowest BCUT2D eigenvalue weighted by Crippen LogP contribution is -1.92. The summed E-state index contributed by atoms with van der Waals surface area (Å²) in [7, 11) is 0. The molecule has 0 saturated heterocycles. The first-order valence-electron chi connectivity index (χ1n) is 4.31. The average Bonchev–Trinajstić information content (AvgIpc) is 2.17. The standard InChI is InChI=1S/C10H11Br2FO/c11-5-1-2-8-3-4-9(14-7-13)6-10(8)12/h3-4,6H,1-2,5,7H2. The predicted octanol–water partition coefficient (Wildman–Crippen LogP) is 4.08. The minimum Gasteiger partial charge on any atom is -0.463 e. The van der Waals surface area contributed by atoms with Gasteiger partial charge in [-0.15, -0.1) is 0 Å². The minimum atomic E-state index is -0.785. The monoisotopic (exact) mass is 324 g/mol. The Labute approximate surface area is 99.9 Å². The number of benzene rings is 1. The van der Waals surface area contributed by atoms with Crippen LogP contribution in [0.25, 0.3) is 0 Å². The number of hydrogen-bond donors (Lipinski definition) is 0. The molecule has 1 aromatic carbocycles. The van der Waals surface area contributed by atoms with E-state index in [-0.39, 0.29) is 0 Å². The maximum atomic E-state index is 11.9. The van der Waals surface area contributed by atoms with Gasteiger partial charge in [0, 0.05) is 9.80 Å². The lowest BCUT2D eigenvalue weighted by molar-refractivity contribution is 0.191. The van der Waals surface area contributed by atoms with Gasteiger partial charge in [-0.1, -0.05) is 37.9 Å². The summed E-state index contributed by atoms with van der Waals surface area (Å²) in [6.07, 6.45) is 2.09. The van der Waals surface area contributed by atoms with E-state index >= 15 is 0 Å². The summed E-state index contributed by atoms with van der Waals surface area (Å²) in [5, 5.41) is 0.988. The van der Waals surface area contributed by atoms with Gasteiger partial charge in [0.05, 0.1) is 0 Å². The summed E-state index contributed by atoms with van der Waals surface area (Å²) in [5.41, 5.74) is 1.22. The van der Waals surface area contributed by atoms with Gasteiger partial charge in [0.2, 0.25) is 6.86 Å². The van der Waals surface area contributed by atoms with Crippen LogP contribution in [-0.2, 0) is 6.42 Å². The molecule has 1 rings (SSSR count). The average molecular weight is 326 g/mol. The lowest BCUT2D eigenvalue weighted by atomic mass is 10.1. The van der Waals surface area contributed by atoms with E-state index in [1.165, 1.54) is 5.56 Å². The Morgan fingerprint density at radius 1 is 1.36 bits per heavy atom. The number of ether oxygens (including phenoxy) is 1. The lowest BCUT2D eigenvalue weighted by Gasteiger charge is -2.06. The van der Waals surface area contributed by atoms with Crippen molar-refractivity contribution in [1.82, 2.24) is 0 Å². The summed E-state index contributed by atoms with van der Waals surface area (Å²) >= 11 is 6.81. The van der Waals surface area contributed by atoms with Crippen molar-refractivity contribution in [1.29, 1.82) is 0 Å². The third-order valence-electron chi connectivity index (χ3n) is 1.83. The highest BCUT2D eigenvalue weighted by Gasteiger charge is 2.01. The molecule has 4 heteroatoms. The Morgan fingerprint density at radius 2 is 2.14 bits per heavy atom. The van der Waals surface area contributed by atoms with Gasteiger partial charge in [-0.3, -0.25) is 0 Å². The summed E-state index contributed by atoms with van der Waals surface area (Å²) in [6.45, 7) is -0.785. The van der Waals surface area contributed by atoms with Crippen LogP contribution < -0.4 is 4.74 Å². The van der Waals surface area contributed by atoms with Gasteiger partial charge in [-0.2, -0.15) is 0 Å². The molecule has 0 radical (unpaired) electrons. The maximum Gasteiger partial charge on any atom is 0.228 e. The van der Waals surface area contributed by atoms with E-state index in [1.807, 2.05) is 6.07 Å². The topological polar surface area (TPSA) is 9.23 Å². The smallest absolute Gasteiger partial charge is 0.228 e. The third-order valence-corrected chi connectivity index (χ3v) is 3.12. The summed E-state index contributed by atoms with van der Waals surface area (Å²) in [6, 6.07) is 5.54. The number of hydrogen-bond acceptors (Lipinski definition) is 1. The van der Waals surface area contributed by atoms with Crippen molar-refractivity contribution >= 4 is 31.9 Å². The number of alkyl halides is 2. The van der Waals surface area contributed by atoms with Crippen molar-refractivity contribution in [3.05, 3.63) is 28.2 Å². The van der Waals surface area contributed by atoms with Gasteiger partial charge in [-0.25, -0.2) is 4.39 Å². The highest BCUT2D eigenvalue weighted by atomic mass is 79.9. The Bertz CT molecular complexity index is 291. The van der Waals surface area contributed by atoms with Crippen LogP contribution in [0.3, 0.4) is 0 Å². The van der Waals surface area contributed by atoms with E-state index in [4.69, 9.17) is 4.74 Å². The normalized spacial score (nSPS) is 10.2. The molecule has 78 valence electrons. The van der Waals surface area contributed by atoms with Crippen LogP contribution in [0.15, 0.2) is 22.7 Å². The molecule has 0 aromatic heterocycles. The zero-order valence-corrected chi connectivity index (χ0v) is 10.8. The van der Waals surface area contributed by atoms with E-state index in [0.29, 0.717) is 5.75 Å². The fraction of sp³-hybridized carbons (Fsp3) is 0.400. The zero-order valence-electron chi connectivity index (χ0n) is 7.60. The van der Waals surface area contributed by atoms with Crippen molar-refractivity contribution in [2.45, 2.75) is 12.8 Å². The highest BCUT2D eigenvalue weighted by molar-refractivity contribution is 9.10. The van der Waals surface area contributed by atoms with Crippen molar-refractivity contribution in [3.8, 4) is 5.75 Å². The summed E-state index contributed by atoms with van der Waals surface area (Å²) < 4.78 is 17.6. The molecule has 0 unspecified atom stereocenters. The van der Waals surface area contributed by atoms with E-state index in [9.17, 15) is 4.39 Å². The van der Waals surface area contributed by atoms with Crippen LogP contribution in [-0.4, -0.2) is 12.2 Å². The molecule has 0 heterocycles. The molecule has 0 saturated carbocycles. The van der Waals surface area contributed by atoms with Crippen molar-refractivity contribution in [2.75, 3.05) is 12.2 Å². The second-order valence-electron chi connectivity index (χ2n) is 2.80. The fourth-order valence-electron chi connectivity index (χ4n) is 1.14. The minimum absolute atomic E-state index is 0.557. The molecular weight excluding hydrogens is 315 g/mol. The Hall–Kier alpha value is -0.0900. The van der Waals surface area contributed by atoms with Crippen LogP contribution in [0.1, 0.15) is 12.0 Å². The Kier molecular flexibility index (Phi) is 5.48. The third kappa shape index (κ3) is 3.58. The largest absolute Gasteiger partial charge is 0.463 e. The molecule has 0 aliphatic heterocycles. The van der Waals surface area contributed by atoms with Crippen LogP contribution >= 0.6 is 31.9 Å². The fourth-order valence-corrected chi connectivity index (χ4v) is 1.98. The van der Waals surface area contributed by atoms with Gasteiger partial charge < -0.3 is 4.74 Å². The van der Waals surface area contributed by atoms with Gasteiger partial charge in [0.1, 0.15) is 5.75 Å². The molecule has 0 amide bonds. The molecule has 0 aliphatic carbocycles. The maximum absolute atomic E-state index is 11.9. The van der Waals surface area contributed by atoms with Crippen LogP contribution in [0.2, 0.25) is 0 Å². The van der Waals surface area contributed by atoms with Crippen molar-refractivity contribution < 1.29 is 9.13 Å². The highest BCUT2D eigenvalue weighted by Crippen LogP contribution is 2.24. The van der Waals surface area contributed by atoms with Crippen LogP contribution in [0, 0.1) is 0 Å². The first kappa shape index (κ1) is 12.0. The summed E-state index contributed by atoms with van der Waals surface area (Å²) in [4.78, 5) is 0. The molecular formula is C10H11Br2FO. The molecule has 1 aromatic rings. The van der Waals surface area contributed by atoms with Gasteiger partial charge in [0.15, 0.2) is 0 Å². The second kappa shape index (κ2) is 6.40. The quantitative estimate of drug-likeness (QED) is 0.741. The summed E-state index contributed by atoms with van der Waals surface area (Å²) in [5.74, 6) is 0.557. The Balaban J connectivity index is 2.68. The molecule has 0 bridgehead atoms. The van der Waals surface area contributed by atoms with Crippen molar-refractivity contribution in [3.63, 3.8) is 0 Å². The predicted molar refractivity (Wildman–Crippen MR) is 62.9 cm³/mol. The van der Waals surface area contributed by atoms with Gasteiger partial charge >= 0.3 is 0 Å². The molecule has 0 N–H and O–H groups in total. The first-order valence-corrected chi connectivity index (χ1v) is 6.22. The van der Waals surface area contributed by atoms with E-state index < -0.39 is 6.86 Å². The van der Waals surface area contributed by atoms with E-state index in [2.05, 4.69) is 31.9 Å². The van der Waals surface area contributed by atoms with Gasteiger partial charge in [-0.05, 0) is 30.5 Å². The molecule has 0 spiro atoms. The number of aryl methyl sites for hydroxylation is 1. The van der Waals surface area contributed by atoms with Crippen molar-refractivity contribution in [2.24, 2.45) is 0 Å². The first-order chi connectivity index (χ1) is 6.77. The van der Waals surface area contributed by atoms with Crippen LogP contribution in [0.5, 0.6) is 5.75 Å². The Morgan fingerprint density at radius 3 is 2.71 bits per heavy atom. The molecule has 1 nitrogen and oxygen atoms in total. The van der Waals surface area contributed by atoms with Crippen LogP contribution in [0.4, 0.5) is 4.39 Å². The number of rotatable bonds is 5. The van der Waals surface area contributed by atoms with E-state index in [1.54, 1.807) is 12.1 Å². The SMILES string of the molecule is FCOc1ccc(CCCBr)c(Br)c1. The number of halogens is 3. The van der Waals surface area contributed by atoms with E-state index in [0.717, 1.165) is 22.6 Å². The van der Waals surface area contributed by atoms with Gasteiger partial charge in [0.25, 0.3) is 0 Å². The second-order valence-corrected chi connectivity index (χ2v) is 4.45. The molecule has 14 heavy (non-hydrogen) atoms. The molecule has 0 fully saturated rings.